The lowest BCUT2D eigenvalue weighted by molar-refractivity contribution is -0.125. The van der Waals surface area contributed by atoms with Crippen LogP contribution in [-0.2, 0) is 9.53 Å². The van der Waals surface area contributed by atoms with Crippen LogP contribution in [0, 0.1) is 5.92 Å². The van der Waals surface area contributed by atoms with Crippen molar-refractivity contribution < 1.29 is 14.3 Å². The van der Waals surface area contributed by atoms with Crippen molar-refractivity contribution in [2.45, 2.75) is 45.3 Å². The third-order valence-corrected chi connectivity index (χ3v) is 5.23. The maximum atomic E-state index is 12.4. The Morgan fingerprint density at radius 1 is 1.26 bits per heavy atom. The molecule has 1 atom stereocenters. The van der Waals surface area contributed by atoms with Crippen molar-refractivity contribution in [3.05, 3.63) is 0 Å². The number of hydrogen-bond donors (Lipinski definition) is 1. The molecule has 0 radical (unpaired) electrons. The lowest BCUT2D eigenvalue weighted by Gasteiger charge is -2.30. The van der Waals surface area contributed by atoms with E-state index in [4.69, 9.17) is 4.74 Å². The van der Waals surface area contributed by atoms with Crippen molar-refractivity contribution in [3.63, 3.8) is 0 Å². The maximum Gasteiger partial charge on any atom is 0.411 e. The van der Waals surface area contributed by atoms with Crippen molar-refractivity contribution >= 4 is 23.8 Å². The van der Waals surface area contributed by atoms with Gasteiger partial charge in [0.1, 0.15) is 11.6 Å². The SMILES string of the molecule is CN1CCC(CNC(=O)[C@@H]2CSCN2C(=O)OC(C)(C)C)CC1. The number of piperidine rings is 1. The third kappa shape index (κ3) is 5.57. The monoisotopic (exact) mass is 343 g/mol. The maximum absolute atomic E-state index is 12.4. The summed E-state index contributed by atoms with van der Waals surface area (Å²) in [7, 11) is 2.13. The van der Waals surface area contributed by atoms with E-state index in [1.807, 2.05) is 20.8 Å². The molecule has 2 fully saturated rings. The summed E-state index contributed by atoms with van der Waals surface area (Å²) in [6, 6.07) is -0.416. The predicted octanol–water partition coefficient (Wildman–Crippen LogP) is 1.75. The zero-order valence-corrected chi connectivity index (χ0v) is 15.4. The van der Waals surface area contributed by atoms with E-state index in [0.717, 1.165) is 25.9 Å². The second-order valence-corrected chi connectivity index (χ2v) is 8.46. The first-order chi connectivity index (χ1) is 10.8. The Morgan fingerprint density at radius 2 is 1.91 bits per heavy atom. The van der Waals surface area contributed by atoms with Gasteiger partial charge in [0.15, 0.2) is 0 Å². The number of carbonyl (C=O) groups is 2. The molecule has 2 aliphatic heterocycles. The van der Waals surface area contributed by atoms with Crippen molar-refractivity contribution in [1.29, 1.82) is 0 Å². The highest BCUT2D eigenvalue weighted by molar-refractivity contribution is 7.99. The summed E-state index contributed by atoms with van der Waals surface area (Å²) in [6.45, 7) is 8.39. The van der Waals surface area contributed by atoms with Crippen LogP contribution in [0.3, 0.4) is 0 Å². The number of amides is 2. The third-order valence-electron chi connectivity index (χ3n) is 4.22. The summed E-state index contributed by atoms with van der Waals surface area (Å²) in [5, 5.41) is 3.04. The average molecular weight is 343 g/mol. The van der Waals surface area contributed by atoms with Gasteiger partial charge in [0.2, 0.25) is 5.91 Å². The van der Waals surface area contributed by atoms with Gasteiger partial charge in [0.25, 0.3) is 0 Å². The number of likely N-dealkylation sites (tertiary alicyclic amines) is 1. The second kappa shape index (κ2) is 7.75. The predicted molar refractivity (Wildman–Crippen MR) is 92.4 cm³/mol. The van der Waals surface area contributed by atoms with E-state index in [1.54, 1.807) is 16.7 Å². The van der Waals surface area contributed by atoms with E-state index >= 15 is 0 Å². The number of thioether (sulfide) groups is 1. The second-order valence-electron chi connectivity index (χ2n) is 7.46. The normalized spacial score (nSPS) is 23.8. The fourth-order valence-electron chi connectivity index (χ4n) is 2.79. The van der Waals surface area contributed by atoms with Gasteiger partial charge in [0, 0.05) is 12.3 Å². The molecule has 0 aromatic heterocycles. The first kappa shape index (κ1) is 18.4. The van der Waals surface area contributed by atoms with Gasteiger partial charge in [-0.05, 0) is 59.7 Å². The molecule has 23 heavy (non-hydrogen) atoms. The van der Waals surface area contributed by atoms with Crippen LogP contribution in [0.15, 0.2) is 0 Å². The number of nitrogens with zero attached hydrogens (tertiary/aromatic N) is 2. The molecule has 0 aliphatic carbocycles. The van der Waals surface area contributed by atoms with Crippen molar-refractivity contribution in [2.75, 3.05) is 38.3 Å². The van der Waals surface area contributed by atoms with Crippen LogP contribution in [0.2, 0.25) is 0 Å². The summed E-state index contributed by atoms with van der Waals surface area (Å²) < 4.78 is 5.40. The minimum absolute atomic E-state index is 0.0558. The fraction of sp³-hybridized carbons (Fsp3) is 0.875. The summed E-state index contributed by atoms with van der Waals surface area (Å²) in [4.78, 5) is 28.5. The van der Waals surface area contributed by atoms with Crippen molar-refractivity contribution in [2.24, 2.45) is 5.92 Å². The van der Waals surface area contributed by atoms with Crippen LogP contribution in [-0.4, -0.2) is 71.8 Å². The van der Waals surface area contributed by atoms with Gasteiger partial charge in [-0.3, -0.25) is 9.69 Å². The van der Waals surface area contributed by atoms with E-state index in [9.17, 15) is 9.59 Å². The summed E-state index contributed by atoms with van der Waals surface area (Å²) in [6.07, 6.45) is 1.83. The van der Waals surface area contributed by atoms with Crippen molar-refractivity contribution in [3.8, 4) is 0 Å². The van der Waals surface area contributed by atoms with Crippen molar-refractivity contribution in [1.82, 2.24) is 15.1 Å². The molecule has 0 aromatic rings. The van der Waals surface area contributed by atoms with Crippen LogP contribution < -0.4 is 5.32 Å². The largest absolute Gasteiger partial charge is 0.444 e. The van der Waals surface area contributed by atoms with Gasteiger partial charge in [-0.15, -0.1) is 11.8 Å². The Bertz CT molecular complexity index is 431. The van der Waals surface area contributed by atoms with E-state index in [0.29, 0.717) is 24.1 Å². The summed E-state index contributed by atoms with van der Waals surface area (Å²) in [5.74, 6) is 1.64. The standard InChI is InChI=1S/C16H29N3O3S/c1-16(2,3)22-15(21)19-11-23-10-13(19)14(20)17-9-12-5-7-18(4)8-6-12/h12-13H,5-11H2,1-4H3,(H,17,20)/t13-/m0/s1. The minimum Gasteiger partial charge on any atom is -0.444 e. The Morgan fingerprint density at radius 3 is 2.52 bits per heavy atom. The number of ether oxygens (including phenoxy) is 1. The molecule has 0 aromatic carbocycles. The molecule has 2 aliphatic rings. The highest BCUT2D eigenvalue weighted by atomic mass is 32.2. The number of nitrogens with one attached hydrogen (secondary N) is 1. The molecular weight excluding hydrogens is 314 g/mol. The van der Waals surface area contributed by atoms with Crippen LogP contribution in [0.5, 0.6) is 0 Å². The Labute approximate surface area is 143 Å². The van der Waals surface area contributed by atoms with Gasteiger partial charge in [-0.1, -0.05) is 0 Å². The van der Waals surface area contributed by atoms with Gasteiger partial charge in [-0.2, -0.15) is 0 Å². The topological polar surface area (TPSA) is 61.9 Å². The molecule has 2 saturated heterocycles. The molecular formula is C16H29N3O3S. The molecule has 2 amide bonds. The molecule has 0 unspecified atom stereocenters. The highest BCUT2D eigenvalue weighted by Crippen LogP contribution is 2.24. The molecule has 2 rings (SSSR count). The summed E-state index contributed by atoms with van der Waals surface area (Å²) >= 11 is 1.59. The molecule has 2 heterocycles. The van der Waals surface area contributed by atoms with Crippen LogP contribution in [0.25, 0.3) is 0 Å². The smallest absolute Gasteiger partial charge is 0.411 e. The number of carbonyl (C=O) groups excluding carboxylic acids is 2. The summed E-state index contributed by atoms with van der Waals surface area (Å²) in [5.41, 5.74) is -0.542. The fourth-order valence-corrected chi connectivity index (χ4v) is 3.93. The first-order valence-electron chi connectivity index (χ1n) is 8.30. The van der Waals surface area contributed by atoms with E-state index in [1.165, 1.54) is 0 Å². The molecule has 0 spiro atoms. The quantitative estimate of drug-likeness (QED) is 0.846. The van der Waals surface area contributed by atoms with Gasteiger partial charge in [0.05, 0.1) is 5.88 Å². The molecule has 132 valence electrons. The molecule has 6 nitrogen and oxygen atoms in total. The zero-order chi connectivity index (χ0) is 17.0. The number of hydrogen-bond acceptors (Lipinski definition) is 5. The Hall–Kier alpha value is -0.950. The Balaban J connectivity index is 1.82. The van der Waals surface area contributed by atoms with Gasteiger partial charge in [-0.25, -0.2) is 4.79 Å². The van der Waals surface area contributed by atoms with Crippen LogP contribution in [0.1, 0.15) is 33.6 Å². The average Bonchev–Trinajstić information content (AvgIpc) is 2.94. The highest BCUT2D eigenvalue weighted by Gasteiger charge is 2.37. The molecule has 7 heteroatoms. The van der Waals surface area contributed by atoms with Gasteiger partial charge >= 0.3 is 6.09 Å². The van der Waals surface area contributed by atoms with Crippen LogP contribution in [0.4, 0.5) is 4.79 Å². The zero-order valence-electron chi connectivity index (χ0n) is 14.6. The van der Waals surface area contributed by atoms with E-state index in [2.05, 4.69) is 17.3 Å². The molecule has 0 bridgehead atoms. The Kier molecular flexibility index (Phi) is 6.19. The number of rotatable bonds is 3. The minimum atomic E-state index is -0.542. The van der Waals surface area contributed by atoms with E-state index < -0.39 is 17.7 Å². The molecule has 1 N–H and O–H groups in total. The lowest BCUT2D eigenvalue weighted by Crippen LogP contribution is -2.49. The van der Waals surface area contributed by atoms with Gasteiger partial charge < -0.3 is 15.0 Å². The lowest BCUT2D eigenvalue weighted by atomic mass is 9.97. The van der Waals surface area contributed by atoms with Crippen LogP contribution >= 0.6 is 11.8 Å². The van der Waals surface area contributed by atoms with E-state index in [-0.39, 0.29) is 5.91 Å². The molecule has 0 saturated carbocycles. The first-order valence-corrected chi connectivity index (χ1v) is 9.45.